The zero-order valence-electron chi connectivity index (χ0n) is 19.4. The first-order valence-corrected chi connectivity index (χ1v) is 10.7. The van der Waals surface area contributed by atoms with Crippen LogP contribution in [0, 0.1) is 10.1 Å². The van der Waals surface area contributed by atoms with Crippen LogP contribution in [0.3, 0.4) is 0 Å². The molecule has 0 aromatic heterocycles. The Morgan fingerprint density at radius 3 is 2.29 bits per heavy atom. The zero-order valence-corrected chi connectivity index (χ0v) is 19.4. The van der Waals surface area contributed by atoms with Gasteiger partial charge in [0.05, 0.1) is 22.6 Å². The Morgan fingerprint density at radius 1 is 1.03 bits per heavy atom. The Morgan fingerprint density at radius 2 is 1.69 bits per heavy atom. The summed E-state index contributed by atoms with van der Waals surface area (Å²) in [7, 11) is 3.11. The number of alkyl carbamates (subject to hydrolysis) is 1. The second-order valence-electron chi connectivity index (χ2n) is 8.02. The summed E-state index contributed by atoms with van der Waals surface area (Å²) in [5, 5.41) is 16.2. The standard InChI is InChI=1S/C23H26N4O8/c1-14-18(24-22(29)26(2)3)19(25-23(30)33-13-15-7-5-4-6-8-15)21(34-14)35-20(28)16-9-11-17(12-10-16)27(31)32/h4-12,14,18-19,21H,13H2,1-3H3,(H,24,29)(H,25,30)/t14-,18-,19-,21-/m0/s1. The number of nitrogens with one attached hydrogen (secondary N) is 2. The lowest BCUT2D eigenvalue weighted by atomic mass is 10.1. The largest absolute Gasteiger partial charge is 0.445 e. The van der Waals surface area contributed by atoms with Crippen LogP contribution in [0.2, 0.25) is 0 Å². The van der Waals surface area contributed by atoms with Gasteiger partial charge in [0.25, 0.3) is 5.69 Å². The third-order valence-electron chi connectivity index (χ3n) is 5.27. The Hall–Kier alpha value is -4.19. The smallest absolute Gasteiger partial charge is 0.407 e. The van der Waals surface area contributed by atoms with E-state index >= 15 is 0 Å². The van der Waals surface area contributed by atoms with Crippen LogP contribution in [-0.4, -0.2) is 66.5 Å². The highest BCUT2D eigenvalue weighted by Crippen LogP contribution is 2.24. The second kappa shape index (κ2) is 11.3. The maximum atomic E-state index is 12.7. The predicted octanol–water partition coefficient (Wildman–Crippen LogP) is 2.43. The number of hydrogen-bond acceptors (Lipinski definition) is 8. The van der Waals surface area contributed by atoms with E-state index in [2.05, 4.69) is 10.6 Å². The van der Waals surface area contributed by atoms with Gasteiger partial charge in [-0.3, -0.25) is 10.1 Å². The van der Waals surface area contributed by atoms with E-state index in [0.717, 1.165) is 5.56 Å². The minimum Gasteiger partial charge on any atom is -0.445 e. The molecule has 0 radical (unpaired) electrons. The molecular formula is C23H26N4O8. The van der Waals surface area contributed by atoms with Crippen LogP contribution in [0.1, 0.15) is 22.8 Å². The lowest BCUT2D eigenvalue weighted by Gasteiger charge is -2.26. The maximum absolute atomic E-state index is 12.7. The number of non-ortho nitro benzene ring substituents is 1. The van der Waals surface area contributed by atoms with E-state index in [-0.39, 0.29) is 17.9 Å². The van der Waals surface area contributed by atoms with Crippen molar-refractivity contribution in [3.63, 3.8) is 0 Å². The quantitative estimate of drug-likeness (QED) is 0.344. The number of amides is 3. The lowest BCUT2D eigenvalue weighted by molar-refractivity contribution is -0.384. The number of nitro groups is 1. The number of carbonyl (C=O) groups excluding carboxylic acids is 3. The first kappa shape index (κ1) is 25.4. The molecule has 1 heterocycles. The van der Waals surface area contributed by atoms with Gasteiger partial charge in [0.2, 0.25) is 6.29 Å². The van der Waals surface area contributed by atoms with Gasteiger partial charge >= 0.3 is 18.1 Å². The molecular weight excluding hydrogens is 460 g/mol. The summed E-state index contributed by atoms with van der Waals surface area (Å²) in [4.78, 5) is 49.0. The predicted molar refractivity (Wildman–Crippen MR) is 122 cm³/mol. The molecule has 2 aromatic carbocycles. The minimum absolute atomic E-state index is 0.0117. The molecule has 0 bridgehead atoms. The Labute approximate surface area is 201 Å². The maximum Gasteiger partial charge on any atom is 0.407 e. The van der Waals surface area contributed by atoms with Crippen LogP contribution >= 0.6 is 0 Å². The monoisotopic (exact) mass is 486 g/mol. The van der Waals surface area contributed by atoms with Crippen LogP contribution in [0.25, 0.3) is 0 Å². The number of rotatable bonds is 7. The number of nitro benzene ring substituents is 1. The van der Waals surface area contributed by atoms with Crippen LogP contribution in [0.5, 0.6) is 0 Å². The molecule has 3 rings (SSSR count). The van der Waals surface area contributed by atoms with Gasteiger partial charge < -0.3 is 29.7 Å². The summed E-state index contributed by atoms with van der Waals surface area (Å²) >= 11 is 0. The average Bonchev–Trinajstić information content (AvgIpc) is 3.11. The third kappa shape index (κ3) is 6.67. The number of esters is 1. The van der Waals surface area contributed by atoms with E-state index in [1.165, 1.54) is 29.2 Å². The first-order valence-electron chi connectivity index (χ1n) is 10.7. The van der Waals surface area contributed by atoms with Gasteiger partial charge in [0.15, 0.2) is 0 Å². The van der Waals surface area contributed by atoms with Crippen LogP contribution < -0.4 is 10.6 Å². The Kier molecular flexibility index (Phi) is 8.21. The van der Waals surface area contributed by atoms with Crippen molar-refractivity contribution in [2.75, 3.05) is 14.1 Å². The highest BCUT2D eigenvalue weighted by atomic mass is 16.7. The average molecular weight is 486 g/mol. The SMILES string of the molecule is C[C@@H]1O[C@@H](OC(=O)c2ccc([N+](=O)[O-])cc2)[C@@H](NC(=O)OCc2ccccc2)[C@H]1NC(=O)N(C)C. The van der Waals surface area contributed by atoms with Crippen molar-refractivity contribution in [3.05, 3.63) is 75.8 Å². The highest BCUT2D eigenvalue weighted by molar-refractivity contribution is 5.89. The van der Waals surface area contributed by atoms with E-state index < -0.39 is 47.5 Å². The summed E-state index contributed by atoms with van der Waals surface area (Å²) in [5.41, 5.74) is 0.648. The molecule has 3 amide bonds. The number of benzene rings is 2. The first-order chi connectivity index (χ1) is 16.7. The zero-order chi connectivity index (χ0) is 25.5. The highest BCUT2D eigenvalue weighted by Gasteiger charge is 2.47. The van der Waals surface area contributed by atoms with Crippen LogP contribution in [0.4, 0.5) is 15.3 Å². The molecule has 2 N–H and O–H groups in total. The van der Waals surface area contributed by atoms with Crippen molar-refractivity contribution < 1.29 is 33.5 Å². The third-order valence-corrected chi connectivity index (χ3v) is 5.27. The summed E-state index contributed by atoms with van der Waals surface area (Å²) in [5.74, 6) is -0.818. The molecule has 2 aromatic rings. The Balaban J connectivity index is 1.73. The van der Waals surface area contributed by atoms with Crippen molar-refractivity contribution in [1.29, 1.82) is 0 Å². The van der Waals surface area contributed by atoms with Crippen molar-refractivity contribution in [2.45, 2.75) is 38.0 Å². The summed E-state index contributed by atoms with van der Waals surface area (Å²) < 4.78 is 16.4. The molecule has 1 aliphatic rings. The van der Waals surface area contributed by atoms with Crippen molar-refractivity contribution in [2.24, 2.45) is 0 Å². The molecule has 0 aliphatic carbocycles. The molecule has 0 saturated carbocycles. The molecule has 0 spiro atoms. The van der Waals surface area contributed by atoms with E-state index in [9.17, 15) is 24.5 Å². The van der Waals surface area contributed by atoms with Gasteiger partial charge in [-0.15, -0.1) is 0 Å². The summed E-state index contributed by atoms with van der Waals surface area (Å²) in [6.45, 7) is 1.67. The van der Waals surface area contributed by atoms with Crippen LogP contribution in [0.15, 0.2) is 54.6 Å². The number of ether oxygens (including phenoxy) is 3. The molecule has 1 saturated heterocycles. The van der Waals surface area contributed by atoms with E-state index in [0.29, 0.717) is 0 Å². The lowest BCUT2D eigenvalue weighted by Crippen LogP contribution is -2.57. The van der Waals surface area contributed by atoms with Gasteiger partial charge in [0, 0.05) is 26.2 Å². The molecule has 0 unspecified atom stereocenters. The molecule has 4 atom stereocenters. The van der Waals surface area contributed by atoms with Crippen molar-refractivity contribution in [1.82, 2.24) is 15.5 Å². The van der Waals surface area contributed by atoms with Crippen molar-refractivity contribution >= 4 is 23.8 Å². The number of nitrogens with zero attached hydrogens (tertiary/aromatic N) is 2. The molecule has 186 valence electrons. The second-order valence-corrected chi connectivity index (χ2v) is 8.02. The van der Waals surface area contributed by atoms with Gasteiger partial charge in [-0.2, -0.15) is 0 Å². The van der Waals surface area contributed by atoms with Gasteiger partial charge in [0.1, 0.15) is 12.6 Å². The molecule has 12 nitrogen and oxygen atoms in total. The van der Waals surface area contributed by atoms with E-state index in [1.54, 1.807) is 33.2 Å². The topological polar surface area (TPSA) is 149 Å². The Bertz CT molecular complexity index is 1060. The fourth-order valence-electron chi connectivity index (χ4n) is 3.37. The summed E-state index contributed by atoms with van der Waals surface area (Å²) in [6.07, 6.45) is -2.69. The number of hydrogen-bond donors (Lipinski definition) is 2. The van der Waals surface area contributed by atoms with E-state index in [4.69, 9.17) is 14.2 Å². The fourth-order valence-corrected chi connectivity index (χ4v) is 3.37. The molecule has 35 heavy (non-hydrogen) atoms. The summed E-state index contributed by atoms with van der Waals surface area (Å²) in [6, 6.07) is 11.7. The minimum atomic E-state index is -1.26. The van der Waals surface area contributed by atoms with Gasteiger partial charge in [-0.25, -0.2) is 14.4 Å². The van der Waals surface area contributed by atoms with Gasteiger partial charge in [-0.1, -0.05) is 30.3 Å². The van der Waals surface area contributed by atoms with Crippen LogP contribution in [-0.2, 0) is 20.8 Å². The molecule has 1 aliphatic heterocycles. The molecule has 1 fully saturated rings. The van der Waals surface area contributed by atoms with Gasteiger partial charge in [-0.05, 0) is 24.6 Å². The number of urea groups is 1. The van der Waals surface area contributed by atoms with Crippen molar-refractivity contribution in [3.8, 4) is 0 Å². The molecule has 12 heteroatoms. The normalized spacial score (nSPS) is 21.0. The van der Waals surface area contributed by atoms with E-state index in [1.807, 2.05) is 18.2 Å². The number of carbonyl (C=O) groups is 3. The fraction of sp³-hybridized carbons (Fsp3) is 0.348.